The molecule has 6 nitrogen and oxygen atoms in total. The van der Waals surface area contributed by atoms with Crippen molar-refractivity contribution in [3.05, 3.63) is 57.3 Å². The lowest BCUT2D eigenvalue weighted by molar-refractivity contribution is 0.0307. The molecule has 3 aromatic rings. The van der Waals surface area contributed by atoms with Gasteiger partial charge in [-0.3, -0.25) is 9.59 Å². The van der Waals surface area contributed by atoms with E-state index in [1.165, 1.54) is 17.4 Å². The zero-order chi connectivity index (χ0) is 21.4. The molecule has 1 fully saturated rings. The molecule has 0 unspecified atom stereocenters. The predicted octanol–water partition coefficient (Wildman–Crippen LogP) is 4.09. The maximum atomic E-state index is 14.0. The minimum absolute atomic E-state index is 0.163. The van der Waals surface area contributed by atoms with E-state index >= 15 is 0 Å². The number of amides is 2. The zero-order valence-corrected chi connectivity index (χ0v) is 17.9. The van der Waals surface area contributed by atoms with Gasteiger partial charge in [-0.05, 0) is 50.1 Å². The number of ether oxygens (including phenoxy) is 1. The number of anilines is 1. The second-order valence-electron chi connectivity index (χ2n) is 7.39. The number of aryl methyl sites for hydroxylation is 3. The largest absolute Gasteiger partial charge is 0.378 e. The Morgan fingerprint density at radius 2 is 1.87 bits per heavy atom. The molecule has 8 heteroatoms. The SMILES string of the molecule is Cc1cc(C)c2c(NC(=O)c3ccc(C)c(F)c3)c(C(=O)N3CCOCC3)sc2n1. The minimum atomic E-state index is -0.468. The fraction of sp³-hybridized carbons (Fsp3) is 0.318. The van der Waals surface area contributed by atoms with E-state index in [2.05, 4.69) is 10.3 Å². The fourth-order valence-corrected chi connectivity index (χ4v) is 4.76. The van der Waals surface area contributed by atoms with Crippen LogP contribution < -0.4 is 5.32 Å². The second-order valence-corrected chi connectivity index (χ2v) is 8.39. The van der Waals surface area contributed by atoms with Crippen LogP contribution in [0.3, 0.4) is 0 Å². The fourth-order valence-electron chi connectivity index (χ4n) is 3.54. The molecule has 30 heavy (non-hydrogen) atoms. The van der Waals surface area contributed by atoms with E-state index in [1.807, 2.05) is 19.9 Å². The van der Waals surface area contributed by atoms with Crippen molar-refractivity contribution in [3.8, 4) is 0 Å². The van der Waals surface area contributed by atoms with E-state index in [4.69, 9.17) is 4.74 Å². The summed E-state index contributed by atoms with van der Waals surface area (Å²) in [7, 11) is 0. The molecule has 1 aromatic carbocycles. The van der Waals surface area contributed by atoms with Gasteiger partial charge in [0.25, 0.3) is 11.8 Å². The van der Waals surface area contributed by atoms with E-state index in [0.29, 0.717) is 47.3 Å². The molecule has 0 saturated carbocycles. The standard InChI is InChI=1S/C22H22FN3O3S/c1-12-4-5-15(11-16(12)23)20(27)25-18-17-13(2)10-14(3)24-21(17)30-19(18)22(28)26-6-8-29-9-7-26/h4-5,10-11H,6-9H2,1-3H3,(H,25,27). The first kappa shape index (κ1) is 20.4. The summed E-state index contributed by atoms with van der Waals surface area (Å²) in [6.45, 7) is 7.41. The van der Waals surface area contributed by atoms with Crippen LogP contribution in [0.4, 0.5) is 10.1 Å². The number of hydrogen-bond donors (Lipinski definition) is 1. The number of halogens is 1. The number of hydrogen-bond acceptors (Lipinski definition) is 5. The lowest BCUT2D eigenvalue weighted by atomic mass is 10.1. The highest BCUT2D eigenvalue weighted by Crippen LogP contribution is 2.38. The third-order valence-electron chi connectivity index (χ3n) is 5.15. The first-order chi connectivity index (χ1) is 14.3. The summed E-state index contributed by atoms with van der Waals surface area (Å²) in [5, 5.41) is 3.60. The molecule has 3 heterocycles. The van der Waals surface area contributed by atoms with Crippen LogP contribution in [0.25, 0.3) is 10.2 Å². The number of rotatable bonds is 3. The highest BCUT2D eigenvalue weighted by Gasteiger charge is 2.27. The van der Waals surface area contributed by atoms with E-state index in [0.717, 1.165) is 16.6 Å². The van der Waals surface area contributed by atoms with E-state index < -0.39 is 11.7 Å². The van der Waals surface area contributed by atoms with Crippen LogP contribution in [0.1, 0.15) is 36.9 Å². The molecule has 1 N–H and O–H groups in total. The van der Waals surface area contributed by atoms with Crippen LogP contribution in [0.2, 0.25) is 0 Å². The molecule has 0 atom stereocenters. The number of aromatic nitrogens is 1. The van der Waals surface area contributed by atoms with Crippen LogP contribution >= 0.6 is 11.3 Å². The molecule has 1 aliphatic heterocycles. The summed E-state index contributed by atoms with van der Waals surface area (Å²) in [5.74, 6) is -1.08. The number of carbonyl (C=O) groups excluding carboxylic acids is 2. The summed E-state index contributed by atoms with van der Waals surface area (Å²) < 4.78 is 19.3. The Balaban J connectivity index is 1.78. The third-order valence-corrected chi connectivity index (χ3v) is 6.22. The quantitative estimate of drug-likeness (QED) is 0.684. The lowest BCUT2D eigenvalue weighted by Gasteiger charge is -2.26. The number of morpholine rings is 1. The minimum Gasteiger partial charge on any atom is -0.378 e. The summed E-state index contributed by atoms with van der Waals surface area (Å²) in [5.41, 5.74) is 2.85. The first-order valence-electron chi connectivity index (χ1n) is 9.70. The number of nitrogens with zero attached hydrogens (tertiary/aromatic N) is 2. The van der Waals surface area contributed by atoms with Crippen molar-refractivity contribution in [2.24, 2.45) is 0 Å². The Labute approximate surface area is 177 Å². The van der Waals surface area contributed by atoms with Gasteiger partial charge in [0, 0.05) is 29.7 Å². The summed E-state index contributed by atoms with van der Waals surface area (Å²) in [6, 6.07) is 6.25. The summed E-state index contributed by atoms with van der Waals surface area (Å²) in [4.78, 5) is 33.6. The van der Waals surface area contributed by atoms with Gasteiger partial charge in [0.2, 0.25) is 0 Å². The molecule has 4 rings (SSSR count). The molecule has 0 bridgehead atoms. The molecule has 2 aromatic heterocycles. The van der Waals surface area contributed by atoms with Gasteiger partial charge in [0.1, 0.15) is 15.5 Å². The van der Waals surface area contributed by atoms with Crippen molar-refractivity contribution in [2.75, 3.05) is 31.6 Å². The van der Waals surface area contributed by atoms with Crippen LogP contribution in [-0.4, -0.2) is 48.0 Å². The topological polar surface area (TPSA) is 71.5 Å². The Morgan fingerprint density at radius 3 is 2.57 bits per heavy atom. The molecule has 2 amide bonds. The molecule has 0 aliphatic carbocycles. The van der Waals surface area contributed by atoms with E-state index in [1.54, 1.807) is 24.0 Å². The summed E-state index contributed by atoms with van der Waals surface area (Å²) in [6.07, 6.45) is 0. The lowest BCUT2D eigenvalue weighted by Crippen LogP contribution is -2.40. The Morgan fingerprint density at radius 1 is 1.13 bits per heavy atom. The Hall–Kier alpha value is -2.84. The average Bonchev–Trinajstić information content (AvgIpc) is 3.08. The predicted molar refractivity (Wildman–Crippen MR) is 115 cm³/mol. The number of pyridine rings is 1. The zero-order valence-electron chi connectivity index (χ0n) is 17.0. The van der Waals surface area contributed by atoms with Gasteiger partial charge < -0.3 is 15.0 Å². The third kappa shape index (κ3) is 3.80. The van der Waals surface area contributed by atoms with Crippen LogP contribution in [0.5, 0.6) is 0 Å². The number of benzene rings is 1. The monoisotopic (exact) mass is 427 g/mol. The maximum absolute atomic E-state index is 14.0. The molecule has 1 aliphatic rings. The van der Waals surface area contributed by atoms with Gasteiger partial charge >= 0.3 is 0 Å². The van der Waals surface area contributed by atoms with E-state index in [-0.39, 0.29) is 11.5 Å². The molecule has 0 radical (unpaired) electrons. The van der Waals surface area contributed by atoms with Crippen molar-refractivity contribution in [2.45, 2.75) is 20.8 Å². The highest BCUT2D eigenvalue weighted by atomic mass is 32.1. The molecule has 156 valence electrons. The highest BCUT2D eigenvalue weighted by molar-refractivity contribution is 7.21. The number of carbonyl (C=O) groups is 2. The van der Waals surface area contributed by atoms with Crippen molar-refractivity contribution >= 4 is 39.1 Å². The van der Waals surface area contributed by atoms with Crippen molar-refractivity contribution < 1.29 is 18.7 Å². The smallest absolute Gasteiger partial charge is 0.266 e. The van der Waals surface area contributed by atoms with E-state index in [9.17, 15) is 14.0 Å². The average molecular weight is 428 g/mol. The first-order valence-corrected chi connectivity index (χ1v) is 10.5. The molecule has 0 spiro atoms. The molecular weight excluding hydrogens is 405 g/mol. The molecule has 1 saturated heterocycles. The van der Waals surface area contributed by atoms with Crippen molar-refractivity contribution in [3.63, 3.8) is 0 Å². The normalized spacial score (nSPS) is 14.2. The van der Waals surface area contributed by atoms with Gasteiger partial charge in [-0.1, -0.05) is 6.07 Å². The van der Waals surface area contributed by atoms with Crippen LogP contribution in [-0.2, 0) is 4.74 Å². The van der Waals surface area contributed by atoms with Gasteiger partial charge in [-0.2, -0.15) is 0 Å². The second kappa shape index (κ2) is 8.12. The summed E-state index contributed by atoms with van der Waals surface area (Å²) >= 11 is 1.26. The van der Waals surface area contributed by atoms with Gasteiger partial charge in [-0.15, -0.1) is 11.3 Å². The van der Waals surface area contributed by atoms with Crippen LogP contribution in [0.15, 0.2) is 24.3 Å². The Bertz CT molecular complexity index is 1150. The molecular formula is C22H22FN3O3S. The number of fused-ring (bicyclic) bond motifs is 1. The number of thiophene rings is 1. The van der Waals surface area contributed by atoms with Gasteiger partial charge in [0.05, 0.1) is 18.9 Å². The van der Waals surface area contributed by atoms with Gasteiger partial charge in [0.15, 0.2) is 0 Å². The maximum Gasteiger partial charge on any atom is 0.266 e. The van der Waals surface area contributed by atoms with Crippen molar-refractivity contribution in [1.82, 2.24) is 9.88 Å². The Kier molecular flexibility index (Phi) is 5.53. The number of nitrogens with one attached hydrogen (secondary N) is 1. The van der Waals surface area contributed by atoms with Crippen LogP contribution in [0, 0.1) is 26.6 Å². The van der Waals surface area contributed by atoms with Gasteiger partial charge in [-0.25, -0.2) is 9.37 Å². The van der Waals surface area contributed by atoms with Crippen molar-refractivity contribution in [1.29, 1.82) is 0 Å².